The summed E-state index contributed by atoms with van der Waals surface area (Å²) in [7, 11) is 0. The maximum absolute atomic E-state index is 12.8. The number of aromatic nitrogens is 2. The van der Waals surface area contributed by atoms with Crippen molar-refractivity contribution in [2.24, 2.45) is 0 Å². The van der Waals surface area contributed by atoms with Gasteiger partial charge in [0.25, 0.3) is 5.91 Å². The summed E-state index contributed by atoms with van der Waals surface area (Å²) < 4.78 is 2.61. The van der Waals surface area contributed by atoms with Crippen molar-refractivity contribution < 1.29 is 4.79 Å². The van der Waals surface area contributed by atoms with E-state index >= 15 is 0 Å². The predicted molar refractivity (Wildman–Crippen MR) is 92.8 cm³/mol. The fourth-order valence-electron chi connectivity index (χ4n) is 2.39. The summed E-state index contributed by atoms with van der Waals surface area (Å²) in [6.07, 6.45) is 2.10. The van der Waals surface area contributed by atoms with Crippen LogP contribution in [-0.2, 0) is 6.54 Å². The lowest BCUT2D eigenvalue weighted by molar-refractivity contribution is 0.0773. The largest absolute Gasteiger partial charge is 0.339 e. The summed E-state index contributed by atoms with van der Waals surface area (Å²) in [4.78, 5) is 14.5. The Morgan fingerprint density at radius 1 is 1.39 bits per heavy atom. The molecule has 0 bridgehead atoms. The maximum Gasteiger partial charge on any atom is 0.257 e. The van der Waals surface area contributed by atoms with Crippen molar-refractivity contribution >= 4 is 21.8 Å². The van der Waals surface area contributed by atoms with E-state index < -0.39 is 0 Å². The molecule has 23 heavy (non-hydrogen) atoms. The molecular weight excluding hydrogens is 356 g/mol. The van der Waals surface area contributed by atoms with E-state index in [9.17, 15) is 4.79 Å². The van der Waals surface area contributed by atoms with E-state index in [0.29, 0.717) is 37.3 Å². The van der Waals surface area contributed by atoms with E-state index in [1.54, 1.807) is 15.8 Å². The molecule has 2 aromatic rings. The highest BCUT2D eigenvalue weighted by Gasteiger charge is 2.21. The highest BCUT2D eigenvalue weighted by molar-refractivity contribution is 9.10. The number of carbonyl (C=O) groups is 1. The van der Waals surface area contributed by atoms with Crippen LogP contribution in [0.1, 0.15) is 30.6 Å². The summed E-state index contributed by atoms with van der Waals surface area (Å²) >= 11 is 3.45. The Kier molecular flexibility index (Phi) is 5.94. The lowest BCUT2D eigenvalue weighted by Gasteiger charge is -2.18. The van der Waals surface area contributed by atoms with Crippen molar-refractivity contribution in [1.82, 2.24) is 14.7 Å². The first-order valence-corrected chi connectivity index (χ1v) is 8.39. The Hall–Kier alpha value is -2.13. The zero-order chi connectivity index (χ0) is 16.8. The van der Waals surface area contributed by atoms with Gasteiger partial charge < -0.3 is 4.90 Å². The number of aryl methyl sites for hydroxylation is 1. The monoisotopic (exact) mass is 374 g/mol. The van der Waals surface area contributed by atoms with Gasteiger partial charge in [-0.15, -0.1) is 0 Å². The van der Waals surface area contributed by atoms with Gasteiger partial charge in [0.1, 0.15) is 5.69 Å². The summed E-state index contributed by atoms with van der Waals surface area (Å²) in [5, 5.41) is 13.3. The Balaban J connectivity index is 2.48. The van der Waals surface area contributed by atoms with Crippen molar-refractivity contribution in [3.05, 3.63) is 40.5 Å². The molecule has 1 amide bonds. The zero-order valence-corrected chi connectivity index (χ0v) is 14.9. The highest BCUT2D eigenvalue weighted by Crippen LogP contribution is 2.26. The van der Waals surface area contributed by atoms with Crippen LogP contribution in [0.2, 0.25) is 0 Å². The molecule has 5 nitrogen and oxygen atoms in total. The molecule has 6 heteroatoms. The molecule has 0 aliphatic carbocycles. The third kappa shape index (κ3) is 3.99. The Labute approximate surface area is 144 Å². The number of hydrogen-bond acceptors (Lipinski definition) is 3. The van der Waals surface area contributed by atoms with Crippen LogP contribution in [0, 0.1) is 11.3 Å². The number of hydrogen-bond donors (Lipinski definition) is 0. The zero-order valence-electron chi connectivity index (χ0n) is 13.3. The SMILES string of the molecule is CCN(CC)C(=O)c1cn(CCC#N)nc1-c1cccc(Br)c1. The van der Waals surface area contributed by atoms with Gasteiger partial charge in [-0.2, -0.15) is 10.4 Å². The predicted octanol–water partition coefficient (Wildman–Crippen LogP) is 3.71. The average molecular weight is 375 g/mol. The molecular formula is C17H19BrN4O. The molecule has 0 fully saturated rings. The van der Waals surface area contributed by atoms with Crippen LogP contribution in [0.25, 0.3) is 11.3 Å². The van der Waals surface area contributed by atoms with Gasteiger partial charge in [-0.1, -0.05) is 28.1 Å². The summed E-state index contributed by atoms with van der Waals surface area (Å²) in [6, 6.07) is 9.82. The van der Waals surface area contributed by atoms with Crippen LogP contribution in [0.4, 0.5) is 0 Å². The molecule has 0 saturated carbocycles. The van der Waals surface area contributed by atoms with Gasteiger partial charge in [-0.25, -0.2) is 0 Å². The molecule has 120 valence electrons. The van der Waals surface area contributed by atoms with Crippen LogP contribution in [0.3, 0.4) is 0 Å². The summed E-state index contributed by atoms with van der Waals surface area (Å²) in [6.45, 7) is 5.69. The fourth-order valence-corrected chi connectivity index (χ4v) is 2.79. The molecule has 0 radical (unpaired) electrons. The first-order chi connectivity index (χ1) is 11.1. The topological polar surface area (TPSA) is 61.9 Å². The number of rotatable bonds is 6. The minimum Gasteiger partial charge on any atom is -0.339 e. The van der Waals surface area contributed by atoms with E-state index in [1.165, 1.54) is 0 Å². The molecule has 0 aliphatic heterocycles. The third-order valence-electron chi connectivity index (χ3n) is 3.59. The Bertz CT molecular complexity index is 728. The second-order valence-corrected chi connectivity index (χ2v) is 5.97. The number of nitriles is 1. The normalized spacial score (nSPS) is 10.3. The van der Waals surface area contributed by atoms with Crippen molar-refractivity contribution in [3.63, 3.8) is 0 Å². The number of carbonyl (C=O) groups excluding carboxylic acids is 1. The van der Waals surface area contributed by atoms with E-state index in [-0.39, 0.29) is 5.91 Å². The van der Waals surface area contributed by atoms with Gasteiger partial charge in [-0.3, -0.25) is 9.48 Å². The van der Waals surface area contributed by atoms with Crippen LogP contribution in [0.5, 0.6) is 0 Å². The van der Waals surface area contributed by atoms with Gasteiger partial charge >= 0.3 is 0 Å². The van der Waals surface area contributed by atoms with Crippen molar-refractivity contribution in [3.8, 4) is 17.3 Å². The van der Waals surface area contributed by atoms with Crippen molar-refractivity contribution in [2.75, 3.05) is 13.1 Å². The standard InChI is InChI=1S/C17H19BrN4O/c1-3-21(4-2)17(23)15-12-22(10-6-9-19)20-16(15)13-7-5-8-14(18)11-13/h5,7-8,11-12H,3-4,6,10H2,1-2H3. The van der Waals surface area contributed by atoms with Gasteiger partial charge in [0, 0.05) is 29.3 Å². The van der Waals surface area contributed by atoms with Gasteiger partial charge in [0.05, 0.1) is 24.6 Å². The number of halogens is 1. The highest BCUT2D eigenvalue weighted by atomic mass is 79.9. The summed E-state index contributed by atoms with van der Waals surface area (Å²) in [5.74, 6) is -0.0341. The first kappa shape index (κ1) is 17.2. The quantitative estimate of drug-likeness (QED) is 0.773. The fraction of sp³-hybridized carbons (Fsp3) is 0.353. The maximum atomic E-state index is 12.8. The van der Waals surface area contributed by atoms with E-state index in [4.69, 9.17) is 5.26 Å². The van der Waals surface area contributed by atoms with E-state index in [2.05, 4.69) is 27.1 Å². The molecule has 0 N–H and O–H groups in total. The van der Waals surface area contributed by atoms with Gasteiger partial charge in [0.15, 0.2) is 0 Å². The number of benzene rings is 1. The average Bonchev–Trinajstić information content (AvgIpc) is 2.98. The van der Waals surface area contributed by atoms with E-state index in [1.807, 2.05) is 38.1 Å². The number of nitrogens with zero attached hydrogens (tertiary/aromatic N) is 4. The lowest BCUT2D eigenvalue weighted by Crippen LogP contribution is -2.30. The second kappa shape index (κ2) is 7.93. The van der Waals surface area contributed by atoms with Gasteiger partial charge in [0.2, 0.25) is 0 Å². The second-order valence-electron chi connectivity index (χ2n) is 5.05. The van der Waals surface area contributed by atoms with Crippen molar-refractivity contribution in [1.29, 1.82) is 5.26 Å². The first-order valence-electron chi connectivity index (χ1n) is 7.60. The molecule has 0 spiro atoms. The Morgan fingerprint density at radius 2 is 2.13 bits per heavy atom. The molecule has 0 aliphatic rings. The summed E-state index contributed by atoms with van der Waals surface area (Å²) in [5.41, 5.74) is 2.11. The molecule has 1 aromatic heterocycles. The lowest BCUT2D eigenvalue weighted by atomic mass is 10.1. The molecule has 0 atom stereocenters. The Morgan fingerprint density at radius 3 is 2.74 bits per heavy atom. The third-order valence-corrected chi connectivity index (χ3v) is 4.09. The molecule has 0 unspecified atom stereocenters. The molecule has 1 heterocycles. The van der Waals surface area contributed by atoms with Crippen LogP contribution >= 0.6 is 15.9 Å². The molecule has 0 saturated heterocycles. The van der Waals surface area contributed by atoms with Crippen LogP contribution in [0.15, 0.2) is 34.9 Å². The number of amides is 1. The van der Waals surface area contributed by atoms with Crippen LogP contribution in [-0.4, -0.2) is 33.7 Å². The van der Waals surface area contributed by atoms with Crippen molar-refractivity contribution in [2.45, 2.75) is 26.8 Å². The van der Waals surface area contributed by atoms with Gasteiger partial charge in [-0.05, 0) is 26.0 Å². The molecule has 1 aromatic carbocycles. The molecule has 2 rings (SSSR count). The van der Waals surface area contributed by atoms with Crippen LogP contribution < -0.4 is 0 Å². The minimum absolute atomic E-state index is 0.0341. The smallest absolute Gasteiger partial charge is 0.257 e. The minimum atomic E-state index is -0.0341. The van der Waals surface area contributed by atoms with E-state index in [0.717, 1.165) is 10.0 Å².